The summed E-state index contributed by atoms with van der Waals surface area (Å²) in [4.78, 5) is 13.7. The fourth-order valence-corrected chi connectivity index (χ4v) is 2.92. The lowest BCUT2D eigenvalue weighted by atomic mass is 10.1. The van der Waals surface area contributed by atoms with Crippen LogP contribution in [0.2, 0.25) is 5.02 Å². The van der Waals surface area contributed by atoms with E-state index in [0.717, 1.165) is 15.4 Å². The summed E-state index contributed by atoms with van der Waals surface area (Å²) in [5.41, 5.74) is 0.794. The molecule has 0 aliphatic heterocycles. The summed E-state index contributed by atoms with van der Waals surface area (Å²) >= 11 is 7.86. The van der Waals surface area contributed by atoms with Crippen molar-refractivity contribution >= 4 is 29.3 Å². The van der Waals surface area contributed by atoms with Gasteiger partial charge in [-0.15, -0.1) is 0 Å². The highest BCUT2D eigenvalue weighted by Gasteiger charge is 2.09. The number of carbonyl (C=O) groups excluding carboxylic acids is 1. The fraction of sp³-hybridized carbons (Fsp3) is 0.188. The molecule has 0 spiro atoms. The molecule has 104 valence electrons. The highest BCUT2D eigenvalue weighted by atomic mass is 35.5. The zero-order chi connectivity index (χ0) is 14.4. The van der Waals surface area contributed by atoms with Crippen molar-refractivity contribution in [3.63, 3.8) is 0 Å². The van der Waals surface area contributed by atoms with Crippen LogP contribution in [0.4, 0.5) is 0 Å². The molecule has 0 aliphatic carbocycles. The number of ether oxygens (including phenoxy) is 1. The Balaban J connectivity index is 2.08. The zero-order valence-electron chi connectivity index (χ0n) is 11.1. The summed E-state index contributed by atoms with van der Waals surface area (Å²) in [6, 6.07) is 15.8. The molecule has 0 fully saturated rings. The van der Waals surface area contributed by atoms with Gasteiger partial charge in [-0.2, -0.15) is 0 Å². The summed E-state index contributed by atoms with van der Waals surface area (Å²) in [7, 11) is 0. The number of halogens is 1. The Morgan fingerprint density at radius 2 is 1.90 bits per heavy atom. The highest BCUT2D eigenvalue weighted by molar-refractivity contribution is 7.99. The summed E-state index contributed by atoms with van der Waals surface area (Å²) in [5, 5.41) is 0.596. The first kappa shape index (κ1) is 14.9. The minimum absolute atomic E-state index is 0.211. The van der Waals surface area contributed by atoms with E-state index in [2.05, 4.69) is 0 Å². The van der Waals surface area contributed by atoms with Gasteiger partial charge in [0.2, 0.25) is 0 Å². The van der Waals surface area contributed by atoms with Gasteiger partial charge in [-0.3, -0.25) is 4.79 Å². The third-order valence-corrected chi connectivity index (χ3v) is 3.99. The van der Waals surface area contributed by atoms with E-state index < -0.39 is 0 Å². The predicted molar refractivity (Wildman–Crippen MR) is 82.4 cm³/mol. The average Bonchev–Trinajstić information content (AvgIpc) is 2.43. The number of rotatable bonds is 5. The molecule has 2 nitrogen and oxygen atoms in total. The first-order valence-electron chi connectivity index (χ1n) is 6.36. The molecule has 0 saturated heterocycles. The van der Waals surface area contributed by atoms with Crippen LogP contribution >= 0.6 is 23.4 Å². The monoisotopic (exact) mass is 306 g/mol. The van der Waals surface area contributed by atoms with Gasteiger partial charge in [-0.1, -0.05) is 47.6 Å². The Labute approximate surface area is 128 Å². The molecule has 0 bridgehead atoms. The van der Waals surface area contributed by atoms with Crippen molar-refractivity contribution in [3.05, 3.63) is 59.1 Å². The second-order valence-corrected chi connectivity index (χ2v) is 5.70. The van der Waals surface area contributed by atoms with E-state index in [1.54, 1.807) is 18.7 Å². The van der Waals surface area contributed by atoms with E-state index in [0.29, 0.717) is 11.6 Å². The number of hydrogen-bond donors (Lipinski definition) is 0. The predicted octanol–water partition coefficient (Wildman–Crippen LogP) is 4.60. The molecule has 0 saturated carbocycles. The molecular weight excluding hydrogens is 292 g/mol. The SMILES string of the molecule is CCOC(=O)Cc1ccc(Sc2ccccc2)cc1Cl. The number of esters is 1. The minimum Gasteiger partial charge on any atom is -0.466 e. The van der Waals surface area contributed by atoms with Crippen molar-refractivity contribution in [1.82, 2.24) is 0 Å². The van der Waals surface area contributed by atoms with Gasteiger partial charge >= 0.3 is 5.97 Å². The Bertz CT molecular complexity index is 584. The fourth-order valence-electron chi connectivity index (χ4n) is 1.73. The van der Waals surface area contributed by atoms with E-state index >= 15 is 0 Å². The Morgan fingerprint density at radius 3 is 2.55 bits per heavy atom. The van der Waals surface area contributed by atoms with Crippen LogP contribution < -0.4 is 0 Å². The van der Waals surface area contributed by atoms with Crippen LogP contribution in [0.5, 0.6) is 0 Å². The van der Waals surface area contributed by atoms with Gasteiger partial charge < -0.3 is 4.74 Å². The molecule has 4 heteroatoms. The first-order chi connectivity index (χ1) is 9.69. The maximum absolute atomic E-state index is 11.5. The van der Waals surface area contributed by atoms with Gasteiger partial charge in [0.05, 0.1) is 13.0 Å². The van der Waals surface area contributed by atoms with Crippen molar-refractivity contribution in [2.45, 2.75) is 23.1 Å². The summed E-state index contributed by atoms with van der Waals surface area (Å²) < 4.78 is 4.92. The van der Waals surface area contributed by atoms with Crippen LogP contribution in [-0.2, 0) is 16.0 Å². The van der Waals surface area contributed by atoms with Crippen molar-refractivity contribution in [1.29, 1.82) is 0 Å². The zero-order valence-corrected chi connectivity index (χ0v) is 12.7. The van der Waals surface area contributed by atoms with Crippen LogP contribution in [0.3, 0.4) is 0 Å². The van der Waals surface area contributed by atoms with Crippen molar-refractivity contribution < 1.29 is 9.53 Å². The quantitative estimate of drug-likeness (QED) is 0.755. The van der Waals surface area contributed by atoms with Gasteiger partial charge in [-0.25, -0.2) is 0 Å². The van der Waals surface area contributed by atoms with Gasteiger partial charge in [0.1, 0.15) is 0 Å². The molecular formula is C16H15ClO2S. The third-order valence-electron chi connectivity index (χ3n) is 2.64. The molecule has 0 aliphatic rings. The standard InChI is InChI=1S/C16H15ClO2S/c1-2-19-16(18)10-12-8-9-14(11-15(12)17)20-13-6-4-3-5-7-13/h3-9,11H,2,10H2,1H3. The largest absolute Gasteiger partial charge is 0.466 e. The average molecular weight is 307 g/mol. The van der Waals surface area contributed by atoms with Gasteiger partial charge in [0.25, 0.3) is 0 Å². The van der Waals surface area contributed by atoms with Gasteiger partial charge in [0.15, 0.2) is 0 Å². The molecule has 0 heterocycles. The summed E-state index contributed by atoms with van der Waals surface area (Å²) in [5.74, 6) is -0.252. The van der Waals surface area contributed by atoms with Crippen LogP contribution in [0.25, 0.3) is 0 Å². The van der Waals surface area contributed by atoms with Crippen LogP contribution in [0.15, 0.2) is 58.3 Å². The third kappa shape index (κ3) is 4.29. The highest BCUT2D eigenvalue weighted by Crippen LogP contribution is 2.30. The summed E-state index contributed by atoms with van der Waals surface area (Å²) in [6.45, 7) is 2.18. The van der Waals surface area contributed by atoms with Crippen LogP contribution in [0, 0.1) is 0 Å². The molecule has 0 radical (unpaired) electrons. The molecule has 2 aromatic rings. The molecule has 0 aromatic heterocycles. The molecule has 0 unspecified atom stereocenters. The number of hydrogen-bond acceptors (Lipinski definition) is 3. The van der Waals surface area contributed by atoms with Gasteiger partial charge in [0, 0.05) is 14.8 Å². The molecule has 2 rings (SSSR count). The van der Waals surface area contributed by atoms with E-state index in [-0.39, 0.29) is 12.4 Å². The molecule has 2 aromatic carbocycles. The number of benzene rings is 2. The smallest absolute Gasteiger partial charge is 0.310 e. The van der Waals surface area contributed by atoms with Crippen LogP contribution in [0.1, 0.15) is 12.5 Å². The number of carbonyl (C=O) groups is 1. The van der Waals surface area contributed by atoms with E-state index in [1.807, 2.05) is 48.5 Å². The maximum Gasteiger partial charge on any atom is 0.310 e. The van der Waals surface area contributed by atoms with Crippen molar-refractivity contribution in [3.8, 4) is 0 Å². The Kier molecular flexibility index (Phi) is 5.50. The molecule has 0 atom stereocenters. The topological polar surface area (TPSA) is 26.3 Å². The molecule has 20 heavy (non-hydrogen) atoms. The normalized spacial score (nSPS) is 10.3. The molecule has 0 amide bonds. The van der Waals surface area contributed by atoms with Gasteiger partial charge in [-0.05, 0) is 36.8 Å². The van der Waals surface area contributed by atoms with E-state index in [9.17, 15) is 4.79 Å². The maximum atomic E-state index is 11.5. The lowest BCUT2D eigenvalue weighted by Crippen LogP contribution is -2.07. The molecule has 0 N–H and O–H groups in total. The second-order valence-electron chi connectivity index (χ2n) is 4.15. The summed E-state index contributed by atoms with van der Waals surface area (Å²) in [6.07, 6.45) is 0.211. The van der Waals surface area contributed by atoms with E-state index in [1.165, 1.54) is 0 Å². The first-order valence-corrected chi connectivity index (χ1v) is 7.55. The van der Waals surface area contributed by atoms with E-state index in [4.69, 9.17) is 16.3 Å². The van der Waals surface area contributed by atoms with Crippen molar-refractivity contribution in [2.24, 2.45) is 0 Å². The Hall–Kier alpha value is -1.45. The Morgan fingerprint density at radius 1 is 1.15 bits per heavy atom. The minimum atomic E-state index is -0.252. The second kappa shape index (κ2) is 7.36. The lowest BCUT2D eigenvalue weighted by Gasteiger charge is -2.07. The van der Waals surface area contributed by atoms with Crippen molar-refractivity contribution in [2.75, 3.05) is 6.61 Å². The lowest BCUT2D eigenvalue weighted by molar-refractivity contribution is -0.142. The van der Waals surface area contributed by atoms with Crippen LogP contribution in [-0.4, -0.2) is 12.6 Å².